The van der Waals surface area contributed by atoms with Gasteiger partial charge in [-0.1, -0.05) is 89.0 Å². The van der Waals surface area contributed by atoms with Gasteiger partial charge in [-0.2, -0.15) is 5.26 Å². The van der Waals surface area contributed by atoms with Crippen LogP contribution in [0.4, 0.5) is 14.5 Å². The van der Waals surface area contributed by atoms with Gasteiger partial charge in [0.15, 0.2) is 0 Å². The molecule has 0 spiro atoms. The number of carbonyl (C=O) groups is 2. The summed E-state index contributed by atoms with van der Waals surface area (Å²) in [7, 11) is 1.48. The second-order valence-electron chi connectivity index (χ2n) is 11.2. The monoisotopic (exact) mass is 677 g/mol. The highest BCUT2D eigenvalue weighted by molar-refractivity contribution is 6.31. The van der Waals surface area contributed by atoms with Crippen LogP contribution in [0.1, 0.15) is 89.6 Å². The molecule has 3 rings (SSSR count). The lowest BCUT2D eigenvalue weighted by atomic mass is 9.82. The molecule has 10 heteroatoms. The number of hydrogen-bond donors (Lipinski definition) is 2. The minimum absolute atomic E-state index is 0.0884. The lowest BCUT2D eigenvalue weighted by molar-refractivity contribution is -0.105. The molecule has 3 aromatic carbocycles. The Morgan fingerprint density at radius 1 is 1.02 bits per heavy atom. The van der Waals surface area contributed by atoms with Crippen LogP contribution < -0.4 is 15.4 Å². The number of ether oxygens (including phenoxy) is 1. The Kier molecular flexibility index (Phi) is 21.0. The van der Waals surface area contributed by atoms with Crippen molar-refractivity contribution in [1.82, 2.24) is 5.32 Å². The number of carbonyl (C=O) groups excluding carboxylic acids is 2. The molecule has 0 aliphatic heterocycles. The van der Waals surface area contributed by atoms with Crippen LogP contribution in [-0.2, 0) is 4.79 Å². The van der Waals surface area contributed by atoms with Crippen LogP contribution in [0.2, 0.25) is 10.0 Å². The molecule has 46 heavy (non-hydrogen) atoms. The summed E-state index contributed by atoms with van der Waals surface area (Å²) in [5.74, 6) is -0.433. The summed E-state index contributed by atoms with van der Waals surface area (Å²) in [6, 6.07) is 18.0. The summed E-state index contributed by atoms with van der Waals surface area (Å²) in [4.78, 5) is 21.8. The number of benzene rings is 3. The molecule has 0 saturated heterocycles. The van der Waals surface area contributed by atoms with Crippen molar-refractivity contribution in [2.24, 2.45) is 11.3 Å². The first-order chi connectivity index (χ1) is 21.8. The molecular formula is C36H47Cl2F2N3O3. The van der Waals surface area contributed by atoms with Crippen LogP contribution in [0.15, 0.2) is 60.7 Å². The van der Waals surface area contributed by atoms with Crippen LogP contribution in [-0.4, -0.2) is 26.0 Å². The van der Waals surface area contributed by atoms with Gasteiger partial charge in [0.1, 0.15) is 17.4 Å². The van der Waals surface area contributed by atoms with Crippen molar-refractivity contribution in [3.8, 4) is 11.8 Å². The number of methoxy groups -OCH3 is 1. The van der Waals surface area contributed by atoms with Crippen LogP contribution in [0.3, 0.4) is 0 Å². The van der Waals surface area contributed by atoms with Crippen molar-refractivity contribution >= 4 is 41.2 Å². The summed E-state index contributed by atoms with van der Waals surface area (Å²) in [6.45, 7) is 15.2. The molecule has 2 N–H and O–H groups in total. The number of halogens is 4. The summed E-state index contributed by atoms with van der Waals surface area (Å²) >= 11 is 11.1. The number of nitriles is 1. The van der Waals surface area contributed by atoms with Gasteiger partial charge in [0, 0.05) is 17.7 Å². The topological polar surface area (TPSA) is 91.2 Å². The maximum atomic E-state index is 14.0. The molecule has 0 aliphatic rings. The van der Waals surface area contributed by atoms with Gasteiger partial charge in [-0.05, 0) is 73.9 Å². The smallest absolute Gasteiger partial charge is 0.251 e. The van der Waals surface area contributed by atoms with E-state index in [9.17, 15) is 23.6 Å². The predicted molar refractivity (Wildman–Crippen MR) is 186 cm³/mol. The molecule has 6 nitrogen and oxygen atoms in total. The zero-order valence-corrected chi connectivity index (χ0v) is 29.5. The fourth-order valence-corrected chi connectivity index (χ4v) is 4.71. The fraction of sp³-hybridized carbons (Fsp3) is 0.417. The Labute approximate surface area is 283 Å². The molecule has 252 valence electrons. The van der Waals surface area contributed by atoms with Crippen molar-refractivity contribution in [1.29, 1.82) is 5.26 Å². The SMILES string of the molecule is CC.CC(CCC(C#N)c1cccc(Cl)c1F)CC(C)(C)C.CCNC(=O)c1ccc(NC=O)c(OC)c1.Fc1ccccc1Cl. The molecule has 0 aromatic heterocycles. The Bertz CT molecular complexity index is 1370. The van der Waals surface area contributed by atoms with E-state index >= 15 is 0 Å². The molecule has 0 bridgehead atoms. The summed E-state index contributed by atoms with van der Waals surface area (Å²) < 4.78 is 31.2. The van der Waals surface area contributed by atoms with Gasteiger partial charge in [-0.3, -0.25) is 9.59 Å². The normalized spacial score (nSPS) is 11.4. The predicted octanol–water partition coefficient (Wildman–Crippen LogP) is 10.5. The molecular weight excluding hydrogens is 631 g/mol. The van der Waals surface area contributed by atoms with Gasteiger partial charge in [0.2, 0.25) is 6.41 Å². The Morgan fingerprint density at radius 2 is 1.65 bits per heavy atom. The number of nitrogens with zero attached hydrogens (tertiary/aromatic N) is 1. The third-order valence-electron chi connectivity index (χ3n) is 6.26. The Morgan fingerprint density at radius 3 is 2.15 bits per heavy atom. The minimum Gasteiger partial charge on any atom is -0.495 e. The van der Waals surface area contributed by atoms with E-state index in [0.717, 1.165) is 12.8 Å². The zero-order chi connectivity index (χ0) is 35.3. The van der Waals surface area contributed by atoms with Crippen LogP contribution in [0.5, 0.6) is 5.75 Å². The molecule has 2 unspecified atom stereocenters. The third kappa shape index (κ3) is 16.1. The highest BCUT2D eigenvalue weighted by Crippen LogP contribution is 2.32. The van der Waals surface area contributed by atoms with Gasteiger partial charge >= 0.3 is 0 Å². The largest absolute Gasteiger partial charge is 0.495 e. The second-order valence-corrected chi connectivity index (χ2v) is 12.0. The zero-order valence-electron chi connectivity index (χ0n) is 28.0. The first kappa shape index (κ1) is 42.3. The summed E-state index contributed by atoms with van der Waals surface area (Å²) in [5.41, 5.74) is 1.73. The van der Waals surface area contributed by atoms with E-state index in [4.69, 9.17) is 27.9 Å². The standard InChI is InChI=1S/C17H23ClFN.C11H14N2O3.C6H4ClF.C2H6/c1-12(10-17(2,3)4)8-9-13(11-20)14-6-5-7-15(18)16(14)19;1-3-12-11(15)8-4-5-9(13-7-14)10(6-8)16-2;7-5-3-1-2-4-6(5)8;1-2/h5-7,12-13H,8-10H2,1-4H3;4-7H,3H2,1-2H3,(H,12,15)(H,13,14);1-4H;1-2H3. The molecule has 0 aliphatic carbocycles. The van der Waals surface area contributed by atoms with Gasteiger partial charge in [0.05, 0.1) is 34.8 Å². The van der Waals surface area contributed by atoms with Gasteiger partial charge in [-0.25, -0.2) is 8.78 Å². The average Bonchev–Trinajstić information content (AvgIpc) is 3.02. The van der Waals surface area contributed by atoms with E-state index in [0.29, 0.717) is 47.9 Å². The number of nitrogens with one attached hydrogen (secondary N) is 2. The van der Waals surface area contributed by atoms with E-state index in [1.54, 1.807) is 42.5 Å². The summed E-state index contributed by atoms with van der Waals surface area (Å²) in [6.07, 6.45) is 3.25. The molecule has 2 amide bonds. The van der Waals surface area contributed by atoms with Gasteiger partial charge in [0.25, 0.3) is 5.91 Å². The second kappa shape index (κ2) is 22.8. The van der Waals surface area contributed by atoms with Crippen LogP contribution in [0, 0.1) is 34.3 Å². The summed E-state index contributed by atoms with van der Waals surface area (Å²) in [5, 5.41) is 14.7. The maximum absolute atomic E-state index is 14.0. The van der Waals surface area contributed by atoms with Crippen LogP contribution >= 0.6 is 23.2 Å². The van der Waals surface area contributed by atoms with Crippen molar-refractivity contribution in [2.75, 3.05) is 19.0 Å². The molecule has 0 saturated carbocycles. The van der Waals surface area contributed by atoms with E-state index in [1.807, 2.05) is 20.8 Å². The Balaban J connectivity index is 0.000000691. The molecule has 0 fully saturated rings. The average molecular weight is 679 g/mol. The van der Waals surface area contributed by atoms with Crippen molar-refractivity contribution < 1.29 is 23.1 Å². The highest BCUT2D eigenvalue weighted by atomic mass is 35.5. The lowest BCUT2D eigenvalue weighted by Crippen LogP contribution is -2.22. The van der Waals surface area contributed by atoms with E-state index < -0.39 is 11.7 Å². The first-order valence-corrected chi connectivity index (χ1v) is 15.9. The molecule has 3 aromatic rings. The number of hydrogen-bond acceptors (Lipinski definition) is 4. The van der Waals surface area contributed by atoms with E-state index in [-0.39, 0.29) is 27.2 Å². The number of anilines is 1. The lowest BCUT2D eigenvalue weighted by Gasteiger charge is -2.23. The minimum atomic E-state index is -0.454. The van der Waals surface area contributed by atoms with E-state index in [2.05, 4.69) is 44.4 Å². The maximum Gasteiger partial charge on any atom is 0.251 e. The third-order valence-corrected chi connectivity index (χ3v) is 6.86. The van der Waals surface area contributed by atoms with Gasteiger partial charge < -0.3 is 15.4 Å². The fourth-order valence-electron chi connectivity index (χ4n) is 4.39. The highest BCUT2D eigenvalue weighted by Gasteiger charge is 2.20. The molecule has 0 heterocycles. The number of amides is 2. The Hall–Kier alpha value is -3.67. The molecule has 2 atom stereocenters. The van der Waals surface area contributed by atoms with Crippen molar-refractivity contribution in [3.63, 3.8) is 0 Å². The van der Waals surface area contributed by atoms with Crippen LogP contribution in [0.25, 0.3) is 0 Å². The first-order valence-electron chi connectivity index (χ1n) is 15.2. The van der Waals surface area contributed by atoms with E-state index in [1.165, 1.54) is 25.3 Å². The quantitative estimate of drug-likeness (QED) is 0.209. The van der Waals surface area contributed by atoms with Crippen molar-refractivity contribution in [3.05, 3.63) is 93.5 Å². The van der Waals surface area contributed by atoms with Gasteiger partial charge in [-0.15, -0.1) is 0 Å². The van der Waals surface area contributed by atoms with Crippen molar-refractivity contribution in [2.45, 2.75) is 73.6 Å². The molecule has 0 radical (unpaired) electrons. The number of rotatable bonds is 10.